The summed E-state index contributed by atoms with van der Waals surface area (Å²) in [4.78, 5) is 63.7. The molecule has 3 N–H and O–H groups in total. The molecular weight excluding hydrogens is 1150 g/mol. The van der Waals surface area contributed by atoms with Gasteiger partial charge in [0.2, 0.25) is 11.8 Å². The zero-order chi connectivity index (χ0) is 59.5. The van der Waals surface area contributed by atoms with E-state index in [1.165, 1.54) is 73.2 Å². The second-order valence-electron chi connectivity index (χ2n) is 23.6. The van der Waals surface area contributed by atoms with Crippen LogP contribution in [-0.2, 0) is 19.1 Å². The molecule has 459 valence electrons. The molecule has 8 rings (SSSR count). The Kier molecular flexibility index (Phi) is 46.2. The minimum atomic E-state index is -0.543. The summed E-state index contributed by atoms with van der Waals surface area (Å²) >= 11 is 0. The molecule has 4 heterocycles. The molecule has 3 radical (unpaired) electrons. The molecule has 0 aliphatic carbocycles. The minimum absolute atomic E-state index is 0. The van der Waals surface area contributed by atoms with Gasteiger partial charge >= 0.3 is 64.8 Å². The summed E-state index contributed by atoms with van der Waals surface area (Å²) < 4.78 is 10.4. The van der Waals surface area contributed by atoms with Crippen molar-refractivity contribution >= 4 is 67.0 Å². The maximum absolute atomic E-state index is 12.2. The van der Waals surface area contributed by atoms with Gasteiger partial charge in [-0.05, 0) is 134 Å². The number of Topliss-reactive ketones (excluding diaryl/α,β-unsaturated/α-hetero) is 1. The van der Waals surface area contributed by atoms with Crippen molar-refractivity contribution in [1.29, 1.82) is 0 Å². The average Bonchev–Trinajstić information content (AvgIpc) is 3.33. The maximum Gasteiger partial charge on any atom is 2.00 e. The molecule has 12 nitrogen and oxygen atoms in total. The van der Waals surface area contributed by atoms with Crippen LogP contribution in [0.1, 0.15) is 201 Å². The van der Waals surface area contributed by atoms with Crippen molar-refractivity contribution in [2.24, 2.45) is 34.6 Å². The number of imide groups is 1. The van der Waals surface area contributed by atoms with Gasteiger partial charge in [-0.2, -0.15) is 36.4 Å². The van der Waals surface area contributed by atoms with Crippen molar-refractivity contribution in [2.45, 2.75) is 190 Å². The van der Waals surface area contributed by atoms with E-state index in [9.17, 15) is 24.0 Å². The van der Waals surface area contributed by atoms with E-state index in [4.69, 9.17) is 9.47 Å². The van der Waals surface area contributed by atoms with Gasteiger partial charge in [0, 0.05) is 71.2 Å². The molecule has 0 aromatic heterocycles. The molecule has 3 saturated heterocycles. The number of ether oxygens (including phenoxy) is 2. The van der Waals surface area contributed by atoms with E-state index in [-0.39, 0.29) is 103 Å². The van der Waals surface area contributed by atoms with Gasteiger partial charge in [0.15, 0.2) is 5.78 Å². The molecule has 6 unspecified atom stereocenters. The van der Waals surface area contributed by atoms with Gasteiger partial charge < -0.3 is 43.8 Å². The van der Waals surface area contributed by atoms with Crippen LogP contribution in [0.4, 0.5) is 9.59 Å². The average molecular weight is 1250 g/mol. The number of halogens is 1. The summed E-state index contributed by atoms with van der Waals surface area (Å²) in [6, 6.07) is 43.8. The van der Waals surface area contributed by atoms with Crippen LogP contribution in [0.3, 0.4) is 0 Å². The molecule has 4 aromatic carbocycles. The van der Waals surface area contributed by atoms with Crippen LogP contribution < -0.4 is 62.5 Å². The molecule has 85 heavy (non-hydrogen) atoms. The van der Waals surface area contributed by atoms with Crippen LogP contribution in [-0.4, -0.2) is 116 Å². The largest absolute Gasteiger partial charge is 2.00 e. The third-order valence-electron chi connectivity index (χ3n) is 14.9. The van der Waals surface area contributed by atoms with E-state index in [1.54, 1.807) is 20.8 Å². The number of aliphatic imine (C=N–C) groups is 1. The number of piperidine rings is 3. The smallest absolute Gasteiger partial charge is 1.00 e. The number of likely N-dealkylation sites (tertiary alicyclic amines) is 1. The van der Waals surface area contributed by atoms with E-state index < -0.39 is 23.4 Å². The Bertz CT molecular complexity index is 2400. The van der Waals surface area contributed by atoms with Crippen molar-refractivity contribution in [3.8, 4) is 0 Å². The Labute approximate surface area is 565 Å². The van der Waals surface area contributed by atoms with Crippen LogP contribution in [0.2, 0.25) is 0 Å². The first-order chi connectivity index (χ1) is 38.8. The van der Waals surface area contributed by atoms with Crippen molar-refractivity contribution in [1.82, 2.24) is 20.9 Å². The number of nitrogens with zero attached hydrogens (tertiary/aromatic N) is 2. The third-order valence-corrected chi connectivity index (χ3v) is 14.9. The second kappa shape index (κ2) is 47.2. The zero-order valence-corrected chi connectivity index (χ0v) is 59.1. The first-order valence-corrected chi connectivity index (χ1v) is 30.4. The predicted molar refractivity (Wildman–Crippen MR) is 344 cm³/mol. The third kappa shape index (κ3) is 36.9. The van der Waals surface area contributed by atoms with Gasteiger partial charge in [-0.1, -0.05) is 158 Å². The quantitative estimate of drug-likeness (QED) is 0.0681. The number of rotatable bonds is 13. The van der Waals surface area contributed by atoms with Gasteiger partial charge in [0.05, 0.1) is 0 Å². The van der Waals surface area contributed by atoms with Gasteiger partial charge in [-0.15, -0.1) is 0 Å². The van der Waals surface area contributed by atoms with E-state index in [0.717, 1.165) is 69.0 Å². The summed E-state index contributed by atoms with van der Waals surface area (Å²) in [6.45, 7) is 25.9. The van der Waals surface area contributed by atoms with Gasteiger partial charge in [0.25, 0.3) is 0 Å². The van der Waals surface area contributed by atoms with Crippen molar-refractivity contribution in [3.63, 3.8) is 0 Å². The Morgan fingerprint density at radius 3 is 1.72 bits per heavy atom. The number of ketones is 1. The minimum Gasteiger partial charge on any atom is -1.00 e. The van der Waals surface area contributed by atoms with Crippen LogP contribution in [0, 0.1) is 35.7 Å². The molecule has 16 heteroatoms. The number of hydrogen-bond donors (Lipinski definition) is 3. The Hall–Kier alpha value is -3.83. The number of amides is 4. The van der Waals surface area contributed by atoms with Crippen LogP contribution in [0.15, 0.2) is 126 Å². The Morgan fingerprint density at radius 1 is 0.694 bits per heavy atom. The number of hydrogen-bond acceptors (Lipinski definition) is 9. The molecule has 6 atom stereocenters. The second-order valence-corrected chi connectivity index (χ2v) is 23.6. The summed E-state index contributed by atoms with van der Waals surface area (Å²) in [5, 5.41) is 9.15. The Morgan fingerprint density at radius 2 is 1.22 bits per heavy atom. The number of carbonyl (C=O) groups excluding carboxylic acids is 5. The fourth-order valence-corrected chi connectivity index (χ4v) is 9.76. The SMILES string of the molecule is CCC(CCNC(=O)OC(C)(C)C)CC(=O)c1ccccc1.CCC1CCN(C(=O)OC(C)(C)C)C(=O)C1.CCC1CCN=C(c2ccccc2)C1.CCC1CCNC(=O)C1.CCC1CCNC(c2ccccc2)C1.[B].[Br-].[H-].[Mg+2].[Na+].[c-]1ccccc1. The number of benzene rings is 4. The molecule has 0 saturated carbocycles. The molecule has 0 spiro atoms. The summed E-state index contributed by atoms with van der Waals surface area (Å²) in [5.74, 6) is 3.39. The van der Waals surface area contributed by atoms with Crippen molar-refractivity contribution in [2.75, 3.05) is 32.7 Å². The van der Waals surface area contributed by atoms with Crippen LogP contribution in [0.25, 0.3) is 0 Å². The van der Waals surface area contributed by atoms with Crippen LogP contribution >= 0.6 is 0 Å². The molecule has 0 bridgehead atoms. The fourth-order valence-electron chi connectivity index (χ4n) is 9.76. The standard InChI is InChI=1S/C18H27NO3.C13H19N.C13H17N.C12H21NO3.C7H13NO.C6H5.B.BrH.Mg.Na.H/c1-5-14(11-12-19-17(21)22-18(2,3)4)13-16(20)15-9-7-6-8-10-15;2*1-2-11-8-9-14-13(10-11)12-6-4-3-5-7-12;1-5-9-6-7-13(10(14)8-9)11(15)16-12(2,3)4;1-2-6-3-4-8-7(9)5-6;1-2-4-6-5-3-1;;;;;/h6-10,14H,5,11-13H2,1-4H3,(H,19,21);3-7,11,13-14H,2,8-10H2,1H3;3-7,11H,2,8-10H2,1H3;9H,5-8H2,1-4H3;6H,2-5H2,1H3,(H,8,9);1-5H;;1H;;;/q;;;;;-1;;;+2;+1;-1/p-1. The van der Waals surface area contributed by atoms with Crippen molar-refractivity contribution in [3.05, 3.63) is 144 Å². The van der Waals surface area contributed by atoms with Crippen molar-refractivity contribution < 1.29 is 81.4 Å². The van der Waals surface area contributed by atoms with Gasteiger partial charge in [-0.25, -0.2) is 14.5 Å². The zero-order valence-electron chi connectivity index (χ0n) is 55.1. The predicted octanol–water partition coefficient (Wildman–Crippen LogP) is 8.97. The summed E-state index contributed by atoms with van der Waals surface area (Å²) in [7, 11) is 0. The number of nitrogens with one attached hydrogen (secondary N) is 3. The topological polar surface area (TPSA) is 156 Å². The number of alkyl carbamates (subject to hydrolysis) is 1. The Balaban J connectivity index is -0.000000980. The first-order valence-electron chi connectivity index (χ1n) is 30.4. The number of carbonyl (C=O) groups is 5. The van der Waals surface area contributed by atoms with E-state index in [1.807, 2.05) is 81.4 Å². The van der Waals surface area contributed by atoms with E-state index >= 15 is 0 Å². The summed E-state index contributed by atoms with van der Waals surface area (Å²) in [5.41, 5.74) is 3.79. The monoisotopic (exact) mass is 1250 g/mol. The summed E-state index contributed by atoms with van der Waals surface area (Å²) in [6.07, 6.45) is 14.4. The molecule has 4 aliphatic heterocycles. The molecule has 4 aromatic rings. The van der Waals surface area contributed by atoms with Gasteiger partial charge in [-0.3, -0.25) is 19.4 Å². The first kappa shape index (κ1) is 83.2. The van der Waals surface area contributed by atoms with Crippen LogP contribution in [0.5, 0.6) is 0 Å². The van der Waals surface area contributed by atoms with Gasteiger partial charge in [0.1, 0.15) is 11.2 Å². The van der Waals surface area contributed by atoms with E-state index in [0.29, 0.717) is 43.8 Å². The normalized spacial score (nSPS) is 19.0. The molecule has 4 aliphatic rings. The van der Waals surface area contributed by atoms with E-state index in [2.05, 4.69) is 122 Å². The molecule has 4 amide bonds. The fraction of sp³-hybridized carbons (Fsp3) is 0.565. The maximum atomic E-state index is 12.2. The molecular formula is C69H103BBrMgN5NaO7. The molecule has 3 fully saturated rings.